The summed E-state index contributed by atoms with van der Waals surface area (Å²) in [6, 6.07) is 5.97. The maximum Gasteiger partial charge on any atom is 0.337 e. The summed E-state index contributed by atoms with van der Waals surface area (Å²) < 4.78 is 5.02. The Morgan fingerprint density at radius 2 is 2.05 bits per heavy atom. The van der Waals surface area contributed by atoms with Gasteiger partial charge in [0.1, 0.15) is 0 Å². The molecule has 0 aliphatic heterocycles. The summed E-state index contributed by atoms with van der Waals surface area (Å²) in [5.74, 6) is -1.07. The van der Waals surface area contributed by atoms with Gasteiger partial charge in [0.05, 0.1) is 17.4 Å². The molecular weight excluding hydrogens is 248 g/mol. The second kappa shape index (κ2) is 6.75. The second-order valence-electron chi connectivity index (χ2n) is 4.11. The van der Waals surface area contributed by atoms with Crippen LogP contribution in [0.5, 0.6) is 0 Å². The van der Waals surface area contributed by atoms with E-state index in [1.54, 1.807) is 25.3 Å². The van der Waals surface area contributed by atoms with Gasteiger partial charge in [-0.1, -0.05) is 12.1 Å². The van der Waals surface area contributed by atoms with Gasteiger partial charge in [-0.05, 0) is 19.1 Å². The predicted molar refractivity (Wildman–Crippen MR) is 71.7 cm³/mol. The minimum Gasteiger partial charge on any atom is -0.478 e. The van der Waals surface area contributed by atoms with Gasteiger partial charge in [-0.2, -0.15) is 0 Å². The Kier molecular flexibility index (Phi) is 5.32. The average molecular weight is 266 g/mol. The first kappa shape index (κ1) is 15.0. The van der Waals surface area contributed by atoms with Crippen molar-refractivity contribution in [3.8, 4) is 0 Å². The standard InChI is InChI=1S/C13H18N2O4/c1-9(19-3)8-14-13(18)15(2)11-7-5-4-6-10(11)12(16)17/h4-7,9H,8H2,1-3H3,(H,14,18)(H,16,17). The van der Waals surface area contributed by atoms with E-state index in [9.17, 15) is 9.59 Å². The molecule has 2 N–H and O–H groups in total. The lowest BCUT2D eigenvalue weighted by molar-refractivity contribution is 0.0697. The predicted octanol–water partition coefficient (Wildman–Crippen LogP) is 1.57. The summed E-state index contributed by atoms with van der Waals surface area (Å²) in [6.45, 7) is 2.18. The van der Waals surface area contributed by atoms with Crippen LogP contribution in [0.25, 0.3) is 0 Å². The van der Waals surface area contributed by atoms with Crippen LogP contribution in [-0.2, 0) is 4.74 Å². The molecule has 6 nitrogen and oxygen atoms in total. The molecule has 0 saturated heterocycles. The summed E-state index contributed by atoms with van der Waals surface area (Å²) in [4.78, 5) is 24.3. The largest absolute Gasteiger partial charge is 0.478 e. The van der Waals surface area contributed by atoms with E-state index in [0.717, 1.165) is 0 Å². The van der Waals surface area contributed by atoms with Crippen molar-refractivity contribution in [3.63, 3.8) is 0 Å². The number of rotatable bonds is 5. The number of hydrogen-bond donors (Lipinski definition) is 2. The molecule has 2 amide bonds. The molecule has 104 valence electrons. The number of methoxy groups -OCH3 is 1. The molecule has 1 unspecified atom stereocenters. The fourth-order valence-electron chi connectivity index (χ4n) is 1.49. The second-order valence-corrected chi connectivity index (χ2v) is 4.11. The Bertz CT molecular complexity index is 462. The van der Waals surface area contributed by atoms with E-state index in [1.807, 2.05) is 6.92 Å². The Morgan fingerprint density at radius 3 is 2.63 bits per heavy atom. The Morgan fingerprint density at radius 1 is 1.42 bits per heavy atom. The normalized spacial score (nSPS) is 11.7. The molecule has 1 aromatic rings. The quantitative estimate of drug-likeness (QED) is 0.847. The number of hydrogen-bond acceptors (Lipinski definition) is 3. The molecule has 6 heteroatoms. The highest BCUT2D eigenvalue weighted by Gasteiger charge is 2.17. The Hall–Kier alpha value is -2.08. The first-order valence-electron chi connectivity index (χ1n) is 5.84. The van der Waals surface area contributed by atoms with Crippen molar-refractivity contribution in [3.05, 3.63) is 29.8 Å². The molecule has 0 saturated carbocycles. The van der Waals surface area contributed by atoms with Crippen LogP contribution in [0.1, 0.15) is 17.3 Å². The zero-order valence-electron chi connectivity index (χ0n) is 11.2. The van der Waals surface area contributed by atoms with Crippen molar-refractivity contribution in [1.29, 1.82) is 0 Å². The van der Waals surface area contributed by atoms with Crippen molar-refractivity contribution in [2.45, 2.75) is 13.0 Å². The highest BCUT2D eigenvalue weighted by atomic mass is 16.5. The first-order chi connectivity index (χ1) is 8.97. The molecule has 1 aromatic carbocycles. The molecule has 1 rings (SSSR count). The lowest BCUT2D eigenvalue weighted by atomic mass is 10.1. The number of carbonyl (C=O) groups is 2. The molecule has 0 aliphatic carbocycles. The number of benzene rings is 1. The van der Waals surface area contributed by atoms with Gasteiger partial charge in [0.25, 0.3) is 0 Å². The number of carbonyl (C=O) groups excluding carboxylic acids is 1. The van der Waals surface area contributed by atoms with Crippen LogP contribution >= 0.6 is 0 Å². The number of anilines is 1. The van der Waals surface area contributed by atoms with Crippen molar-refractivity contribution in [2.75, 3.05) is 25.6 Å². The number of urea groups is 1. The summed E-state index contributed by atoms with van der Waals surface area (Å²) in [5.41, 5.74) is 0.428. The van der Waals surface area contributed by atoms with E-state index in [-0.39, 0.29) is 17.7 Å². The molecule has 0 fully saturated rings. The molecule has 0 heterocycles. The van der Waals surface area contributed by atoms with Gasteiger partial charge in [-0.3, -0.25) is 4.90 Å². The molecule has 0 spiro atoms. The minimum absolute atomic E-state index is 0.0833. The number of para-hydroxylation sites is 1. The van der Waals surface area contributed by atoms with E-state index in [4.69, 9.17) is 9.84 Å². The van der Waals surface area contributed by atoms with Crippen LogP contribution in [0.2, 0.25) is 0 Å². The van der Waals surface area contributed by atoms with Crippen LogP contribution in [0, 0.1) is 0 Å². The van der Waals surface area contributed by atoms with E-state index in [0.29, 0.717) is 12.2 Å². The lowest BCUT2D eigenvalue weighted by Gasteiger charge is -2.21. The third kappa shape index (κ3) is 3.96. The van der Waals surface area contributed by atoms with Crippen molar-refractivity contribution >= 4 is 17.7 Å². The number of carboxylic acid groups (broad SMARTS) is 1. The van der Waals surface area contributed by atoms with Crippen LogP contribution in [0.15, 0.2) is 24.3 Å². The Balaban J connectivity index is 2.80. The number of ether oxygens (including phenoxy) is 1. The minimum atomic E-state index is -1.07. The Labute approximate surface area is 112 Å². The molecule has 0 radical (unpaired) electrons. The molecule has 0 aromatic heterocycles. The number of carboxylic acids is 1. The monoisotopic (exact) mass is 266 g/mol. The van der Waals surface area contributed by atoms with Crippen molar-refractivity contribution in [2.24, 2.45) is 0 Å². The average Bonchev–Trinajstić information content (AvgIpc) is 2.43. The SMILES string of the molecule is COC(C)CNC(=O)N(C)c1ccccc1C(=O)O. The number of nitrogens with zero attached hydrogens (tertiary/aromatic N) is 1. The molecule has 0 aliphatic rings. The third-order valence-electron chi connectivity index (χ3n) is 2.74. The van der Waals surface area contributed by atoms with E-state index in [2.05, 4.69) is 5.32 Å². The van der Waals surface area contributed by atoms with Crippen molar-refractivity contribution < 1.29 is 19.4 Å². The van der Waals surface area contributed by atoms with E-state index < -0.39 is 5.97 Å². The van der Waals surface area contributed by atoms with Crippen LogP contribution in [0.4, 0.5) is 10.5 Å². The number of aromatic carboxylic acids is 1. The summed E-state index contributed by atoms with van der Waals surface area (Å²) in [7, 11) is 3.08. The molecule has 0 bridgehead atoms. The zero-order chi connectivity index (χ0) is 14.4. The zero-order valence-corrected chi connectivity index (χ0v) is 11.2. The summed E-state index contributed by atoms with van der Waals surface area (Å²) in [5, 5.41) is 11.7. The fraction of sp³-hybridized carbons (Fsp3) is 0.385. The molecule has 1 atom stereocenters. The van der Waals surface area contributed by atoms with E-state index in [1.165, 1.54) is 18.0 Å². The highest BCUT2D eigenvalue weighted by Crippen LogP contribution is 2.19. The molecule has 19 heavy (non-hydrogen) atoms. The smallest absolute Gasteiger partial charge is 0.337 e. The van der Waals surface area contributed by atoms with Gasteiger partial charge < -0.3 is 15.2 Å². The van der Waals surface area contributed by atoms with Gasteiger partial charge in [0.15, 0.2) is 0 Å². The van der Waals surface area contributed by atoms with Gasteiger partial charge in [0.2, 0.25) is 0 Å². The first-order valence-corrected chi connectivity index (χ1v) is 5.84. The maximum absolute atomic E-state index is 11.9. The van der Waals surface area contributed by atoms with Crippen LogP contribution in [0.3, 0.4) is 0 Å². The van der Waals surface area contributed by atoms with Crippen LogP contribution < -0.4 is 10.2 Å². The lowest BCUT2D eigenvalue weighted by Crippen LogP contribution is -2.41. The number of amides is 2. The maximum atomic E-state index is 11.9. The third-order valence-corrected chi connectivity index (χ3v) is 2.74. The summed E-state index contributed by atoms with van der Waals surface area (Å²) >= 11 is 0. The topological polar surface area (TPSA) is 78.9 Å². The van der Waals surface area contributed by atoms with Gasteiger partial charge >= 0.3 is 12.0 Å². The van der Waals surface area contributed by atoms with E-state index >= 15 is 0 Å². The number of nitrogens with one attached hydrogen (secondary N) is 1. The summed E-state index contributed by atoms with van der Waals surface area (Å²) in [6.07, 6.45) is -0.105. The fourth-order valence-corrected chi connectivity index (χ4v) is 1.49. The van der Waals surface area contributed by atoms with Crippen LogP contribution in [-0.4, -0.2) is 43.9 Å². The van der Waals surface area contributed by atoms with Crippen molar-refractivity contribution in [1.82, 2.24) is 5.32 Å². The van der Waals surface area contributed by atoms with Gasteiger partial charge in [-0.15, -0.1) is 0 Å². The van der Waals surface area contributed by atoms with Gasteiger partial charge in [-0.25, -0.2) is 9.59 Å². The highest BCUT2D eigenvalue weighted by molar-refractivity contribution is 6.01. The molecular formula is C13H18N2O4. The van der Waals surface area contributed by atoms with Gasteiger partial charge in [0, 0.05) is 20.7 Å².